The fourth-order valence-corrected chi connectivity index (χ4v) is 2.00. The van der Waals surface area contributed by atoms with Crippen molar-refractivity contribution in [2.75, 3.05) is 0 Å². The van der Waals surface area contributed by atoms with Crippen molar-refractivity contribution < 1.29 is 19.7 Å². The van der Waals surface area contributed by atoms with Crippen LogP contribution in [0.1, 0.15) is 40.5 Å². The Kier molecular flexibility index (Phi) is 6.37. The van der Waals surface area contributed by atoms with Gasteiger partial charge in [0, 0.05) is 6.08 Å². The molecule has 0 saturated carbocycles. The van der Waals surface area contributed by atoms with Crippen LogP contribution in [0.2, 0.25) is 0 Å². The van der Waals surface area contributed by atoms with E-state index in [1.807, 2.05) is 26.8 Å². The second-order valence-corrected chi connectivity index (χ2v) is 6.01. The van der Waals surface area contributed by atoms with E-state index >= 15 is 0 Å². The third-order valence-electron chi connectivity index (χ3n) is 3.83. The van der Waals surface area contributed by atoms with Crippen molar-refractivity contribution in [3.8, 4) is 0 Å². The molecule has 4 nitrogen and oxygen atoms in total. The first-order chi connectivity index (χ1) is 9.71. The van der Waals surface area contributed by atoms with Crippen LogP contribution in [0, 0.1) is 5.92 Å². The van der Waals surface area contributed by atoms with Crippen LogP contribution in [-0.2, 0) is 9.53 Å². The van der Waals surface area contributed by atoms with Gasteiger partial charge in [-0.1, -0.05) is 25.2 Å². The van der Waals surface area contributed by atoms with Gasteiger partial charge in [-0.15, -0.1) is 0 Å². The van der Waals surface area contributed by atoms with Gasteiger partial charge in [-0.3, -0.25) is 0 Å². The van der Waals surface area contributed by atoms with Crippen LogP contribution in [0.5, 0.6) is 0 Å². The normalized spacial score (nSPS) is 41.3. The largest absolute Gasteiger partial charge is 0.459 e. The fourth-order valence-electron chi connectivity index (χ4n) is 2.00. The van der Waals surface area contributed by atoms with Gasteiger partial charge in [0.05, 0.1) is 11.7 Å². The van der Waals surface area contributed by atoms with Crippen molar-refractivity contribution in [1.29, 1.82) is 0 Å². The van der Waals surface area contributed by atoms with Crippen LogP contribution in [-0.4, -0.2) is 34.0 Å². The van der Waals surface area contributed by atoms with E-state index in [0.29, 0.717) is 0 Å². The number of rotatable bonds is 0. The van der Waals surface area contributed by atoms with Crippen molar-refractivity contribution in [2.45, 2.75) is 58.3 Å². The molecule has 21 heavy (non-hydrogen) atoms. The smallest absolute Gasteiger partial charge is 0.330 e. The molecule has 1 aliphatic rings. The minimum atomic E-state index is -1.31. The molecule has 0 fully saturated rings. The van der Waals surface area contributed by atoms with Crippen LogP contribution in [0.25, 0.3) is 0 Å². The molecule has 1 rings (SSSR count). The number of aliphatic hydroxyl groups excluding tert-OH is 1. The molecular formula is C17H26O4. The Hall–Kier alpha value is -1.39. The van der Waals surface area contributed by atoms with Crippen molar-refractivity contribution in [2.24, 2.45) is 5.92 Å². The summed E-state index contributed by atoms with van der Waals surface area (Å²) in [5, 5.41) is 20.1. The highest BCUT2D eigenvalue weighted by atomic mass is 16.5. The summed E-state index contributed by atoms with van der Waals surface area (Å²) in [6.07, 6.45) is 8.34. The molecule has 0 aromatic carbocycles. The van der Waals surface area contributed by atoms with Crippen LogP contribution >= 0.6 is 0 Å². The first kappa shape index (κ1) is 17.7. The fraction of sp³-hybridized carbons (Fsp3) is 0.588. The van der Waals surface area contributed by atoms with E-state index in [1.54, 1.807) is 0 Å². The highest BCUT2D eigenvalue weighted by Gasteiger charge is 2.18. The molecular weight excluding hydrogens is 268 g/mol. The van der Waals surface area contributed by atoms with Crippen molar-refractivity contribution in [1.82, 2.24) is 0 Å². The lowest BCUT2D eigenvalue weighted by Crippen LogP contribution is -2.23. The lowest BCUT2D eigenvalue weighted by atomic mass is 9.97. The SMILES string of the molecule is C/C1=C/CC[C@H](C)[C@@H](C)OC(=O)/C=C\[C@](C)(O)/C=C/[C@@H]1O. The summed E-state index contributed by atoms with van der Waals surface area (Å²) in [5.74, 6) is -0.241. The summed E-state index contributed by atoms with van der Waals surface area (Å²) in [5.41, 5.74) is -0.459. The summed E-state index contributed by atoms with van der Waals surface area (Å²) in [6.45, 7) is 7.30. The number of ether oxygens (including phenoxy) is 1. The van der Waals surface area contributed by atoms with E-state index in [0.717, 1.165) is 18.4 Å². The molecule has 4 heteroatoms. The molecule has 0 amide bonds. The zero-order chi connectivity index (χ0) is 16.0. The molecule has 1 heterocycles. The van der Waals surface area contributed by atoms with Crippen LogP contribution in [0.3, 0.4) is 0 Å². The van der Waals surface area contributed by atoms with E-state index in [1.165, 1.54) is 31.2 Å². The van der Waals surface area contributed by atoms with Crippen molar-refractivity contribution >= 4 is 5.97 Å². The van der Waals surface area contributed by atoms with Crippen molar-refractivity contribution in [3.63, 3.8) is 0 Å². The first-order valence-corrected chi connectivity index (χ1v) is 7.37. The molecule has 2 N–H and O–H groups in total. The maximum Gasteiger partial charge on any atom is 0.330 e. The molecule has 0 saturated heterocycles. The molecule has 0 radical (unpaired) electrons. The molecule has 118 valence electrons. The van der Waals surface area contributed by atoms with Gasteiger partial charge in [-0.2, -0.15) is 0 Å². The second kappa shape index (κ2) is 7.57. The van der Waals surface area contributed by atoms with Gasteiger partial charge in [0.25, 0.3) is 0 Å². The monoisotopic (exact) mass is 294 g/mol. The zero-order valence-corrected chi connectivity index (χ0v) is 13.2. The number of cyclic esters (lactones) is 1. The molecule has 1 aliphatic heterocycles. The minimum absolute atomic E-state index is 0.191. The number of carbonyl (C=O) groups excluding carboxylic acids is 1. The molecule has 4 atom stereocenters. The second-order valence-electron chi connectivity index (χ2n) is 6.01. The Bertz CT molecular complexity index is 446. The number of hydrogen-bond acceptors (Lipinski definition) is 4. The topological polar surface area (TPSA) is 66.8 Å². The van der Waals surface area contributed by atoms with E-state index < -0.39 is 17.7 Å². The number of carbonyl (C=O) groups is 1. The third kappa shape index (κ3) is 6.27. The maximum absolute atomic E-state index is 11.7. The summed E-state index contributed by atoms with van der Waals surface area (Å²) in [6, 6.07) is 0. The quantitative estimate of drug-likeness (QED) is 0.532. The van der Waals surface area contributed by atoms with Crippen LogP contribution in [0.4, 0.5) is 0 Å². The highest BCUT2D eigenvalue weighted by Crippen LogP contribution is 2.18. The summed E-state index contributed by atoms with van der Waals surface area (Å²) in [7, 11) is 0. The average molecular weight is 294 g/mol. The first-order valence-electron chi connectivity index (χ1n) is 7.37. The summed E-state index contributed by atoms with van der Waals surface area (Å²) < 4.78 is 5.32. The third-order valence-corrected chi connectivity index (χ3v) is 3.83. The summed E-state index contributed by atoms with van der Waals surface area (Å²) >= 11 is 0. The number of allylic oxidation sites excluding steroid dienone is 1. The predicted octanol–water partition coefficient (Wildman–Crippen LogP) is 2.52. The Morgan fingerprint density at radius 2 is 2.00 bits per heavy atom. The van der Waals surface area contributed by atoms with Gasteiger partial charge in [0.15, 0.2) is 0 Å². The van der Waals surface area contributed by atoms with Crippen LogP contribution < -0.4 is 0 Å². The Labute approximate surface area is 126 Å². The Balaban J connectivity index is 2.99. The number of aliphatic hydroxyl groups is 2. The molecule has 0 spiro atoms. The molecule has 0 unspecified atom stereocenters. The average Bonchev–Trinajstić information content (AvgIpc) is 2.41. The van der Waals surface area contributed by atoms with Gasteiger partial charge >= 0.3 is 5.97 Å². The Morgan fingerprint density at radius 3 is 2.67 bits per heavy atom. The van der Waals surface area contributed by atoms with Gasteiger partial charge in [-0.05, 0) is 51.2 Å². The van der Waals surface area contributed by atoms with Crippen molar-refractivity contribution in [3.05, 3.63) is 36.0 Å². The predicted molar refractivity (Wildman–Crippen MR) is 82.6 cm³/mol. The van der Waals surface area contributed by atoms with Crippen LogP contribution in [0.15, 0.2) is 36.0 Å². The molecule has 0 bridgehead atoms. The molecule has 0 aromatic heterocycles. The minimum Gasteiger partial charge on any atom is -0.459 e. The lowest BCUT2D eigenvalue weighted by Gasteiger charge is -2.20. The number of hydrogen-bond donors (Lipinski definition) is 2. The van der Waals surface area contributed by atoms with E-state index in [4.69, 9.17) is 4.74 Å². The zero-order valence-electron chi connectivity index (χ0n) is 13.2. The maximum atomic E-state index is 11.7. The van der Waals surface area contributed by atoms with Gasteiger partial charge in [0.2, 0.25) is 0 Å². The van der Waals surface area contributed by atoms with Gasteiger partial charge in [0.1, 0.15) is 6.10 Å². The molecule has 0 aromatic rings. The van der Waals surface area contributed by atoms with Gasteiger partial charge < -0.3 is 14.9 Å². The molecule has 0 aliphatic carbocycles. The van der Waals surface area contributed by atoms with E-state index in [-0.39, 0.29) is 12.0 Å². The lowest BCUT2D eigenvalue weighted by molar-refractivity contribution is -0.144. The number of esters is 1. The van der Waals surface area contributed by atoms with Gasteiger partial charge in [-0.25, -0.2) is 4.79 Å². The standard InChI is InChI=1S/C17H26O4/c1-12-6-5-7-13(2)15(18)8-10-17(4,20)11-9-16(19)21-14(12)3/h7-12,14-15,18,20H,5-6H2,1-4H3/b10-8+,11-9-,13-7-/t12-,14+,15-,17+/m0/s1. The Morgan fingerprint density at radius 1 is 1.33 bits per heavy atom. The van der Waals surface area contributed by atoms with E-state index in [2.05, 4.69) is 0 Å². The highest BCUT2D eigenvalue weighted by molar-refractivity contribution is 5.82. The van der Waals surface area contributed by atoms with E-state index in [9.17, 15) is 15.0 Å². The summed E-state index contributed by atoms with van der Waals surface area (Å²) in [4.78, 5) is 11.7.